The third-order valence-corrected chi connectivity index (χ3v) is 4.48. The molecule has 4 nitrogen and oxygen atoms in total. The lowest BCUT2D eigenvalue weighted by Crippen LogP contribution is -2.49. The summed E-state index contributed by atoms with van der Waals surface area (Å²) < 4.78 is 1.90. The highest BCUT2D eigenvalue weighted by Crippen LogP contribution is 2.29. The predicted octanol–water partition coefficient (Wildman–Crippen LogP) is 1.38. The van der Waals surface area contributed by atoms with Crippen molar-refractivity contribution in [3.63, 3.8) is 0 Å². The van der Waals surface area contributed by atoms with Gasteiger partial charge in [-0.05, 0) is 37.8 Å². The number of hydrogen-bond acceptors (Lipinski definition) is 2. The number of aromatic nitrogens is 1. The zero-order valence-corrected chi connectivity index (χ0v) is 11.1. The molecule has 1 aromatic rings. The standard InChI is InChI=1S/C14H21N3O/c1-16-7-3-4-13(16)14(18)17(2)12-8-10-5-6-11(9-12)15-10/h3-4,7,10-12,15H,5-6,8-9H2,1-2H3. The zero-order valence-electron chi connectivity index (χ0n) is 11.1. The highest BCUT2D eigenvalue weighted by molar-refractivity contribution is 5.92. The molecule has 0 saturated carbocycles. The van der Waals surface area contributed by atoms with Crippen LogP contribution in [-0.2, 0) is 7.05 Å². The molecular formula is C14H21N3O. The van der Waals surface area contributed by atoms with Crippen LogP contribution in [0.25, 0.3) is 0 Å². The van der Waals surface area contributed by atoms with Crippen molar-refractivity contribution in [1.29, 1.82) is 0 Å². The molecule has 3 heterocycles. The van der Waals surface area contributed by atoms with Crippen LogP contribution in [-0.4, -0.2) is 40.5 Å². The van der Waals surface area contributed by atoms with Crippen molar-refractivity contribution in [2.24, 2.45) is 7.05 Å². The molecule has 0 spiro atoms. The van der Waals surface area contributed by atoms with E-state index >= 15 is 0 Å². The summed E-state index contributed by atoms with van der Waals surface area (Å²) in [4.78, 5) is 14.4. The van der Waals surface area contributed by atoms with Crippen LogP contribution in [0.4, 0.5) is 0 Å². The Kier molecular flexibility index (Phi) is 2.90. The van der Waals surface area contributed by atoms with Crippen LogP contribution >= 0.6 is 0 Å². The maximum atomic E-state index is 12.4. The monoisotopic (exact) mass is 247 g/mol. The fraction of sp³-hybridized carbons (Fsp3) is 0.643. The third-order valence-electron chi connectivity index (χ3n) is 4.48. The van der Waals surface area contributed by atoms with E-state index in [4.69, 9.17) is 0 Å². The zero-order chi connectivity index (χ0) is 12.7. The van der Waals surface area contributed by atoms with E-state index in [0.717, 1.165) is 18.5 Å². The van der Waals surface area contributed by atoms with Crippen molar-refractivity contribution in [3.8, 4) is 0 Å². The van der Waals surface area contributed by atoms with Crippen molar-refractivity contribution in [2.45, 2.75) is 43.8 Å². The van der Waals surface area contributed by atoms with Crippen molar-refractivity contribution >= 4 is 5.91 Å². The molecule has 1 aromatic heterocycles. The largest absolute Gasteiger partial charge is 0.347 e. The molecule has 2 atom stereocenters. The average Bonchev–Trinajstić information content (AvgIpc) is 2.93. The lowest BCUT2D eigenvalue weighted by atomic mass is 9.98. The summed E-state index contributed by atoms with van der Waals surface area (Å²) in [6.07, 6.45) is 6.67. The molecule has 2 saturated heterocycles. The van der Waals surface area contributed by atoms with Gasteiger partial charge >= 0.3 is 0 Å². The van der Waals surface area contributed by atoms with Gasteiger partial charge in [0.1, 0.15) is 5.69 Å². The number of amides is 1. The quantitative estimate of drug-likeness (QED) is 0.857. The summed E-state index contributed by atoms with van der Waals surface area (Å²) in [7, 11) is 3.87. The van der Waals surface area contributed by atoms with E-state index in [1.165, 1.54) is 12.8 Å². The summed E-state index contributed by atoms with van der Waals surface area (Å²) >= 11 is 0. The minimum absolute atomic E-state index is 0.147. The van der Waals surface area contributed by atoms with Gasteiger partial charge in [-0.2, -0.15) is 0 Å². The van der Waals surface area contributed by atoms with E-state index in [9.17, 15) is 4.79 Å². The van der Waals surface area contributed by atoms with E-state index < -0.39 is 0 Å². The molecule has 98 valence electrons. The Morgan fingerprint density at radius 2 is 2.06 bits per heavy atom. The number of nitrogens with zero attached hydrogens (tertiary/aromatic N) is 2. The summed E-state index contributed by atoms with van der Waals surface area (Å²) in [5.41, 5.74) is 0.781. The van der Waals surface area contributed by atoms with Crippen LogP contribution in [0, 0.1) is 0 Å². The van der Waals surface area contributed by atoms with Crippen LogP contribution in [0.2, 0.25) is 0 Å². The second kappa shape index (κ2) is 4.43. The molecule has 0 aromatic carbocycles. The van der Waals surface area contributed by atoms with E-state index in [0.29, 0.717) is 18.1 Å². The van der Waals surface area contributed by atoms with Gasteiger partial charge in [0.2, 0.25) is 0 Å². The Labute approximate surface area is 108 Å². The Bertz CT molecular complexity index is 442. The summed E-state index contributed by atoms with van der Waals surface area (Å²) in [5.74, 6) is 0.147. The van der Waals surface area contributed by atoms with Crippen LogP contribution in [0.5, 0.6) is 0 Å². The van der Waals surface area contributed by atoms with E-state index in [2.05, 4.69) is 5.32 Å². The average molecular weight is 247 g/mol. The first kappa shape index (κ1) is 11.8. The fourth-order valence-electron chi connectivity index (χ4n) is 3.37. The van der Waals surface area contributed by atoms with Gasteiger partial charge < -0.3 is 14.8 Å². The van der Waals surface area contributed by atoms with Gasteiger partial charge in [0.25, 0.3) is 5.91 Å². The number of piperidine rings is 1. The number of carbonyl (C=O) groups excluding carboxylic acids is 1. The lowest BCUT2D eigenvalue weighted by molar-refractivity contribution is 0.0672. The third kappa shape index (κ3) is 1.94. The van der Waals surface area contributed by atoms with Gasteiger partial charge in [-0.3, -0.25) is 4.79 Å². The van der Waals surface area contributed by atoms with Gasteiger partial charge in [-0.1, -0.05) is 0 Å². The SMILES string of the molecule is CN(C(=O)c1cccn1C)C1CC2CCC(C1)N2. The van der Waals surface area contributed by atoms with Gasteiger partial charge in [-0.25, -0.2) is 0 Å². The van der Waals surface area contributed by atoms with Crippen LogP contribution in [0.1, 0.15) is 36.2 Å². The molecule has 2 unspecified atom stereocenters. The van der Waals surface area contributed by atoms with E-state index in [-0.39, 0.29) is 5.91 Å². The normalized spacial score (nSPS) is 30.4. The van der Waals surface area contributed by atoms with Gasteiger partial charge in [0.05, 0.1) is 0 Å². The number of aryl methyl sites for hydroxylation is 1. The van der Waals surface area contributed by atoms with Gasteiger partial charge in [0.15, 0.2) is 0 Å². The van der Waals surface area contributed by atoms with Crippen molar-refractivity contribution < 1.29 is 4.79 Å². The first-order valence-electron chi connectivity index (χ1n) is 6.79. The molecule has 0 aliphatic carbocycles. The number of carbonyl (C=O) groups is 1. The molecule has 2 fully saturated rings. The summed E-state index contributed by atoms with van der Waals surface area (Å²) in [5, 5.41) is 3.62. The Hall–Kier alpha value is -1.29. The van der Waals surface area contributed by atoms with Gasteiger partial charge in [-0.15, -0.1) is 0 Å². The summed E-state index contributed by atoms with van der Waals surface area (Å²) in [6.45, 7) is 0. The molecule has 3 rings (SSSR count). The smallest absolute Gasteiger partial charge is 0.270 e. The molecule has 1 amide bonds. The number of fused-ring (bicyclic) bond motifs is 2. The van der Waals surface area contributed by atoms with Crippen LogP contribution in [0.15, 0.2) is 18.3 Å². The first-order chi connectivity index (χ1) is 8.65. The van der Waals surface area contributed by atoms with Crippen LogP contribution < -0.4 is 5.32 Å². The molecule has 0 radical (unpaired) electrons. The molecule has 2 aliphatic heterocycles. The topological polar surface area (TPSA) is 37.3 Å². The maximum Gasteiger partial charge on any atom is 0.270 e. The molecule has 2 aliphatic rings. The number of nitrogens with one attached hydrogen (secondary N) is 1. The lowest BCUT2D eigenvalue weighted by Gasteiger charge is -2.35. The highest BCUT2D eigenvalue weighted by atomic mass is 16.2. The Morgan fingerprint density at radius 3 is 2.61 bits per heavy atom. The molecule has 2 bridgehead atoms. The maximum absolute atomic E-state index is 12.4. The minimum Gasteiger partial charge on any atom is -0.347 e. The number of hydrogen-bond donors (Lipinski definition) is 1. The fourth-order valence-corrected chi connectivity index (χ4v) is 3.37. The second-order valence-electron chi connectivity index (χ2n) is 5.68. The van der Waals surface area contributed by atoms with Crippen molar-refractivity contribution in [2.75, 3.05) is 7.05 Å². The Morgan fingerprint density at radius 1 is 1.39 bits per heavy atom. The Balaban J connectivity index is 1.73. The molecule has 4 heteroatoms. The molecular weight excluding hydrogens is 226 g/mol. The minimum atomic E-state index is 0.147. The predicted molar refractivity (Wildman–Crippen MR) is 70.5 cm³/mol. The van der Waals surface area contributed by atoms with E-state index in [1.54, 1.807) is 0 Å². The molecule has 18 heavy (non-hydrogen) atoms. The van der Waals surface area contributed by atoms with Crippen molar-refractivity contribution in [1.82, 2.24) is 14.8 Å². The molecule has 1 N–H and O–H groups in total. The van der Waals surface area contributed by atoms with Gasteiger partial charge in [0, 0.05) is 38.4 Å². The second-order valence-corrected chi connectivity index (χ2v) is 5.68. The first-order valence-corrected chi connectivity index (χ1v) is 6.79. The summed E-state index contributed by atoms with van der Waals surface area (Å²) in [6, 6.07) is 5.46. The van der Waals surface area contributed by atoms with Crippen molar-refractivity contribution in [3.05, 3.63) is 24.0 Å². The highest BCUT2D eigenvalue weighted by Gasteiger charge is 2.36. The van der Waals surface area contributed by atoms with Crippen LogP contribution in [0.3, 0.4) is 0 Å². The van der Waals surface area contributed by atoms with E-state index in [1.807, 2.05) is 41.9 Å². The number of rotatable bonds is 2.